The van der Waals surface area contributed by atoms with Crippen molar-refractivity contribution < 1.29 is 4.74 Å². The van der Waals surface area contributed by atoms with Gasteiger partial charge < -0.3 is 15.0 Å². The van der Waals surface area contributed by atoms with Crippen molar-refractivity contribution in [3.63, 3.8) is 0 Å². The first-order valence-electron chi connectivity index (χ1n) is 10.1. The third-order valence-corrected chi connectivity index (χ3v) is 5.67. The largest absolute Gasteiger partial charge is 0.491 e. The van der Waals surface area contributed by atoms with Gasteiger partial charge in [0.25, 0.3) is 0 Å². The summed E-state index contributed by atoms with van der Waals surface area (Å²) in [7, 11) is 0. The normalized spacial score (nSPS) is 18.6. The molecule has 0 bridgehead atoms. The summed E-state index contributed by atoms with van der Waals surface area (Å²) in [5.74, 6) is 1.76. The van der Waals surface area contributed by atoms with Crippen molar-refractivity contribution in [3.8, 4) is 5.75 Å². The summed E-state index contributed by atoms with van der Waals surface area (Å²) in [5.41, 5.74) is 0.864. The number of nitrogens with one attached hydrogen (secondary N) is 1. The van der Waals surface area contributed by atoms with Crippen molar-refractivity contribution in [1.82, 2.24) is 10.2 Å². The number of rotatable bonds is 6. The van der Waals surface area contributed by atoms with E-state index in [0.29, 0.717) is 11.7 Å². The fourth-order valence-corrected chi connectivity index (χ4v) is 3.65. The van der Waals surface area contributed by atoms with E-state index in [1.807, 2.05) is 36.4 Å². The Hall–Kier alpha value is -2.40. The molecule has 3 rings (SSSR count). The highest BCUT2D eigenvalue weighted by Gasteiger charge is 2.42. The van der Waals surface area contributed by atoms with E-state index in [2.05, 4.69) is 69.1 Å². The Bertz CT molecular complexity index is 857. The number of thiocarbonyl (C=S) groups is 1. The molecule has 1 unspecified atom stereocenters. The summed E-state index contributed by atoms with van der Waals surface area (Å²) in [6.07, 6.45) is 0. The zero-order valence-corrected chi connectivity index (χ0v) is 18.8. The number of benzene rings is 2. The molecule has 0 spiro atoms. The number of ether oxygens (including phenoxy) is 1. The molecule has 1 atom stereocenters. The first kappa shape index (κ1) is 21.3. The maximum atomic E-state index is 6.04. The highest BCUT2D eigenvalue weighted by Crippen LogP contribution is 2.29. The Morgan fingerprint density at radius 2 is 1.62 bits per heavy atom. The van der Waals surface area contributed by atoms with Gasteiger partial charge in [0.2, 0.25) is 0 Å². The molecule has 0 aromatic heterocycles. The Kier molecular flexibility index (Phi) is 6.27. The predicted molar refractivity (Wildman–Crippen MR) is 124 cm³/mol. The van der Waals surface area contributed by atoms with Crippen molar-refractivity contribution in [2.75, 3.05) is 6.61 Å². The van der Waals surface area contributed by atoms with Gasteiger partial charge in [0.05, 0.1) is 11.6 Å². The van der Waals surface area contributed by atoms with Gasteiger partial charge in [-0.2, -0.15) is 0 Å². The Labute approximate surface area is 180 Å². The second-order valence-corrected chi connectivity index (χ2v) is 9.43. The number of hydrogen-bond donors (Lipinski definition) is 1. The summed E-state index contributed by atoms with van der Waals surface area (Å²) in [6.45, 7) is 12.2. The number of nitrogens with zero attached hydrogens (tertiary/aromatic N) is 2. The van der Waals surface area contributed by atoms with Crippen molar-refractivity contribution >= 4 is 23.2 Å². The molecule has 1 aliphatic heterocycles. The minimum absolute atomic E-state index is 0.0102. The molecule has 1 N–H and O–H groups in total. The Morgan fingerprint density at radius 3 is 2.21 bits per heavy atom. The lowest BCUT2D eigenvalue weighted by Gasteiger charge is -2.33. The maximum Gasteiger partial charge on any atom is 0.175 e. The zero-order chi connectivity index (χ0) is 21.1. The molecule has 1 fully saturated rings. The van der Waals surface area contributed by atoms with Crippen LogP contribution in [-0.4, -0.2) is 34.0 Å². The maximum absolute atomic E-state index is 6.04. The summed E-state index contributed by atoms with van der Waals surface area (Å²) in [5, 5.41) is 4.08. The van der Waals surface area contributed by atoms with E-state index in [0.717, 1.165) is 18.1 Å². The first-order valence-corrected chi connectivity index (χ1v) is 10.5. The number of hydrogen-bond acceptors (Lipinski definition) is 3. The van der Waals surface area contributed by atoms with Gasteiger partial charge in [-0.05, 0) is 49.2 Å². The highest BCUT2D eigenvalue weighted by atomic mass is 32.1. The third kappa shape index (κ3) is 5.15. The molecule has 0 saturated carbocycles. The van der Waals surface area contributed by atoms with Gasteiger partial charge >= 0.3 is 0 Å². The van der Waals surface area contributed by atoms with Gasteiger partial charge in [-0.25, -0.2) is 0 Å². The molecular weight excluding hydrogens is 378 g/mol. The van der Waals surface area contributed by atoms with Crippen molar-refractivity contribution in [1.29, 1.82) is 0 Å². The lowest BCUT2D eigenvalue weighted by Crippen LogP contribution is -2.45. The summed E-state index contributed by atoms with van der Waals surface area (Å²) < 4.78 is 6.04. The number of aliphatic imine (C=N–C) groups is 1. The van der Waals surface area contributed by atoms with E-state index in [9.17, 15) is 0 Å². The molecule has 0 radical (unpaired) electrons. The summed E-state index contributed by atoms with van der Waals surface area (Å²) >= 11 is 5.66. The molecule has 1 saturated heterocycles. The Morgan fingerprint density at radius 1 is 1.03 bits per heavy atom. The highest BCUT2D eigenvalue weighted by molar-refractivity contribution is 7.80. The summed E-state index contributed by atoms with van der Waals surface area (Å²) in [6, 6.07) is 20.3. The molecule has 2 aromatic rings. The molecule has 0 amide bonds. The third-order valence-electron chi connectivity index (χ3n) is 5.34. The number of para-hydroxylation sites is 1. The van der Waals surface area contributed by atoms with Crippen LogP contribution in [0.5, 0.6) is 5.75 Å². The van der Waals surface area contributed by atoms with Gasteiger partial charge in [-0.3, -0.25) is 4.99 Å². The molecule has 1 heterocycles. The molecule has 154 valence electrons. The van der Waals surface area contributed by atoms with Gasteiger partial charge in [0.15, 0.2) is 5.11 Å². The van der Waals surface area contributed by atoms with E-state index in [4.69, 9.17) is 21.9 Å². The average Bonchev–Trinajstić information content (AvgIpc) is 2.88. The molecule has 29 heavy (non-hydrogen) atoms. The van der Waals surface area contributed by atoms with E-state index in [-0.39, 0.29) is 17.0 Å². The molecule has 5 heteroatoms. The lowest BCUT2D eigenvalue weighted by atomic mass is 9.87. The standard InChI is InChI=1S/C24H31N3OS/c1-23(2,3)20(17-28-19-14-10-7-11-15-19)25-21-24(4,5)27(22(29)26-21)16-18-12-8-6-9-13-18/h6-15,20H,16-17H2,1-5H3,(H,25,26,29). The van der Waals surface area contributed by atoms with Gasteiger partial charge in [-0.15, -0.1) is 0 Å². The second-order valence-electron chi connectivity index (χ2n) is 9.04. The van der Waals surface area contributed by atoms with Crippen LogP contribution in [-0.2, 0) is 6.54 Å². The fourth-order valence-electron chi connectivity index (χ4n) is 3.26. The van der Waals surface area contributed by atoms with Gasteiger partial charge in [0, 0.05) is 6.54 Å². The van der Waals surface area contributed by atoms with E-state index >= 15 is 0 Å². The molecule has 1 aliphatic rings. The molecule has 2 aromatic carbocycles. The molecular formula is C24H31N3OS. The van der Waals surface area contributed by atoms with Crippen LogP contribution >= 0.6 is 12.2 Å². The van der Waals surface area contributed by atoms with Crippen LogP contribution in [0.15, 0.2) is 65.7 Å². The van der Waals surface area contributed by atoms with Crippen molar-refractivity contribution in [2.45, 2.75) is 52.7 Å². The van der Waals surface area contributed by atoms with E-state index in [1.165, 1.54) is 5.56 Å². The minimum atomic E-state index is -0.316. The summed E-state index contributed by atoms with van der Waals surface area (Å²) in [4.78, 5) is 7.31. The van der Waals surface area contributed by atoms with Crippen LogP contribution in [0, 0.1) is 5.41 Å². The number of amidine groups is 1. The monoisotopic (exact) mass is 409 g/mol. The average molecular weight is 410 g/mol. The predicted octanol–water partition coefficient (Wildman–Crippen LogP) is 5.05. The van der Waals surface area contributed by atoms with E-state index in [1.54, 1.807) is 0 Å². The zero-order valence-electron chi connectivity index (χ0n) is 18.0. The van der Waals surface area contributed by atoms with Crippen LogP contribution in [0.4, 0.5) is 0 Å². The van der Waals surface area contributed by atoms with Crippen LogP contribution in [0.1, 0.15) is 40.2 Å². The SMILES string of the molecule is CC(C)(C)C(COc1ccccc1)N=C1NC(=S)N(Cc2ccccc2)C1(C)C. The first-order chi connectivity index (χ1) is 13.7. The van der Waals surface area contributed by atoms with Crippen LogP contribution in [0.2, 0.25) is 0 Å². The van der Waals surface area contributed by atoms with Crippen LogP contribution in [0.3, 0.4) is 0 Å². The van der Waals surface area contributed by atoms with E-state index < -0.39 is 0 Å². The van der Waals surface area contributed by atoms with Crippen molar-refractivity contribution in [2.24, 2.45) is 10.4 Å². The Balaban J connectivity index is 1.80. The van der Waals surface area contributed by atoms with Crippen LogP contribution in [0.25, 0.3) is 0 Å². The smallest absolute Gasteiger partial charge is 0.175 e. The fraction of sp³-hybridized carbons (Fsp3) is 0.417. The van der Waals surface area contributed by atoms with Gasteiger partial charge in [0.1, 0.15) is 18.2 Å². The second kappa shape index (κ2) is 8.54. The van der Waals surface area contributed by atoms with Crippen LogP contribution < -0.4 is 10.1 Å². The topological polar surface area (TPSA) is 36.9 Å². The molecule has 4 nitrogen and oxygen atoms in total. The van der Waals surface area contributed by atoms with Gasteiger partial charge in [-0.1, -0.05) is 69.3 Å². The molecule has 0 aliphatic carbocycles. The lowest BCUT2D eigenvalue weighted by molar-refractivity contribution is 0.205. The minimum Gasteiger partial charge on any atom is -0.491 e. The quantitative estimate of drug-likeness (QED) is 0.678. The van der Waals surface area contributed by atoms with Crippen molar-refractivity contribution in [3.05, 3.63) is 66.2 Å².